The van der Waals surface area contributed by atoms with E-state index in [0.717, 1.165) is 42.7 Å². The quantitative estimate of drug-likeness (QED) is 0.861. The Morgan fingerprint density at radius 3 is 2.79 bits per heavy atom. The van der Waals surface area contributed by atoms with Gasteiger partial charge in [0.05, 0.1) is 26.1 Å². The minimum atomic E-state index is 0.0690. The Morgan fingerprint density at radius 2 is 2.04 bits per heavy atom. The molecule has 0 atom stereocenters. The van der Waals surface area contributed by atoms with Crippen molar-refractivity contribution in [2.75, 3.05) is 13.1 Å². The van der Waals surface area contributed by atoms with Crippen molar-refractivity contribution in [2.24, 2.45) is 0 Å². The number of likely N-dealkylation sites (tertiary alicyclic amines) is 1. The smallest absolute Gasteiger partial charge is 0.229 e. The molecule has 0 saturated carbocycles. The van der Waals surface area contributed by atoms with Crippen LogP contribution in [0.4, 0.5) is 0 Å². The summed E-state index contributed by atoms with van der Waals surface area (Å²) in [5.41, 5.74) is 1.71. The van der Waals surface area contributed by atoms with Gasteiger partial charge < -0.3 is 9.32 Å². The molecule has 0 bridgehead atoms. The Bertz CT molecular complexity index is 684. The van der Waals surface area contributed by atoms with Gasteiger partial charge in [-0.3, -0.25) is 14.7 Å². The summed E-state index contributed by atoms with van der Waals surface area (Å²) in [7, 11) is 0. The number of aromatic nitrogens is 2. The second-order valence-electron chi connectivity index (χ2n) is 6.56. The van der Waals surface area contributed by atoms with E-state index < -0.39 is 0 Å². The average molecular weight is 326 g/mol. The molecule has 4 heterocycles. The van der Waals surface area contributed by atoms with E-state index in [2.05, 4.69) is 14.9 Å². The van der Waals surface area contributed by atoms with Crippen LogP contribution < -0.4 is 0 Å². The van der Waals surface area contributed by atoms with Crippen molar-refractivity contribution < 1.29 is 9.21 Å². The van der Waals surface area contributed by atoms with Gasteiger partial charge in [0.25, 0.3) is 0 Å². The van der Waals surface area contributed by atoms with E-state index in [1.807, 2.05) is 18.2 Å². The first-order valence-electron chi connectivity index (χ1n) is 8.65. The van der Waals surface area contributed by atoms with Crippen molar-refractivity contribution in [2.45, 2.75) is 45.3 Å². The van der Waals surface area contributed by atoms with Gasteiger partial charge >= 0.3 is 0 Å². The summed E-state index contributed by atoms with van der Waals surface area (Å²) in [4.78, 5) is 25.4. The van der Waals surface area contributed by atoms with E-state index in [-0.39, 0.29) is 5.91 Å². The molecule has 2 aromatic heterocycles. The maximum atomic E-state index is 12.4. The van der Waals surface area contributed by atoms with Gasteiger partial charge in [-0.2, -0.15) is 0 Å². The van der Waals surface area contributed by atoms with Crippen molar-refractivity contribution in [3.05, 3.63) is 47.4 Å². The normalized spacial score (nSPS) is 17.9. The average Bonchev–Trinajstić information content (AvgIpc) is 3.15. The van der Waals surface area contributed by atoms with Gasteiger partial charge in [0.2, 0.25) is 11.8 Å². The Balaban J connectivity index is 1.35. The van der Waals surface area contributed by atoms with Crippen LogP contribution in [0.3, 0.4) is 0 Å². The Labute approximate surface area is 141 Å². The van der Waals surface area contributed by atoms with Crippen LogP contribution in [0.25, 0.3) is 0 Å². The molecule has 126 valence electrons. The summed E-state index contributed by atoms with van der Waals surface area (Å²) < 4.78 is 5.90. The van der Waals surface area contributed by atoms with Gasteiger partial charge in [-0.15, -0.1) is 0 Å². The summed E-state index contributed by atoms with van der Waals surface area (Å²) in [6, 6.07) is 5.63. The number of oxazole rings is 1. The Hall–Kier alpha value is -2.21. The summed E-state index contributed by atoms with van der Waals surface area (Å²) in [5.74, 6) is 1.70. The van der Waals surface area contributed by atoms with Crippen molar-refractivity contribution in [3.63, 3.8) is 0 Å². The third kappa shape index (κ3) is 3.33. The monoisotopic (exact) mass is 326 g/mol. The highest BCUT2D eigenvalue weighted by molar-refractivity contribution is 5.78. The van der Waals surface area contributed by atoms with Crippen LogP contribution >= 0.6 is 0 Å². The zero-order valence-corrected chi connectivity index (χ0v) is 13.8. The van der Waals surface area contributed by atoms with Crippen LogP contribution in [0.15, 0.2) is 28.8 Å². The number of pyridine rings is 1. The SMILES string of the molecule is O=C(Cc1ccccn1)N1Cc2nc(CN3CCCCC3)oc2C1. The molecule has 6 nitrogen and oxygen atoms in total. The van der Waals surface area contributed by atoms with Crippen molar-refractivity contribution in [1.82, 2.24) is 19.8 Å². The minimum Gasteiger partial charge on any atom is -0.442 e. The number of hydrogen-bond acceptors (Lipinski definition) is 5. The zero-order chi connectivity index (χ0) is 16.4. The molecule has 1 fully saturated rings. The molecule has 4 rings (SSSR count). The summed E-state index contributed by atoms with van der Waals surface area (Å²) >= 11 is 0. The molecule has 24 heavy (non-hydrogen) atoms. The predicted octanol–water partition coefficient (Wildman–Crippen LogP) is 2.14. The fraction of sp³-hybridized carbons (Fsp3) is 0.500. The molecule has 0 aliphatic carbocycles. The largest absolute Gasteiger partial charge is 0.442 e. The first-order chi connectivity index (χ1) is 11.8. The lowest BCUT2D eigenvalue weighted by Crippen LogP contribution is -2.29. The van der Waals surface area contributed by atoms with E-state index in [1.165, 1.54) is 19.3 Å². The van der Waals surface area contributed by atoms with E-state index >= 15 is 0 Å². The van der Waals surface area contributed by atoms with Crippen molar-refractivity contribution in [3.8, 4) is 0 Å². The maximum absolute atomic E-state index is 12.4. The van der Waals surface area contributed by atoms with Gasteiger partial charge in [-0.05, 0) is 38.1 Å². The van der Waals surface area contributed by atoms with E-state index in [0.29, 0.717) is 19.5 Å². The van der Waals surface area contributed by atoms with Gasteiger partial charge in [-0.25, -0.2) is 4.98 Å². The Morgan fingerprint density at radius 1 is 1.17 bits per heavy atom. The maximum Gasteiger partial charge on any atom is 0.229 e. The molecule has 0 unspecified atom stereocenters. The van der Waals surface area contributed by atoms with E-state index in [1.54, 1.807) is 11.1 Å². The third-order valence-corrected chi connectivity index (χ3v) is 4.72. The second kappa shape index (κ2) is 6.73. The molecule has 2 aliphatic rings. The van der Waals surface area contributed by atoms with Gasteiger partial charge in [0.1, 0.15) is 11.5 Å². The van der Waals surface area contributed by atoms with E-state index in [4.69, 9.17) is 4.42 Å². The summed E-state index contributed by atoms with van der Waals surface area (Å²) in [5, 5.41) is 0. The number of amides is 1. The number of fused-ring (bicyclic) bond motifs is 1. The number of piperidine rings is 1. The third-order valence-electron chi connectivity index (χ3n) is 4.72. The van der Waals surface area contributed by atoms with Crippen LogP contribution in [0, 0.1) is 0 Å². The number of carbonyl (C=O) groups is 1. The van der Waals surface area contributed by atoms with E-state index in [9.17, 15) is 4.79 Å². The molecule has 0 spiro atoms. The summed E-state index contributed by atoms with van der Waals surface area (Å²) in [6.45, 7) is 4.11. The molecule has 1 amide bonds. The molecular formula is C18H22N4O2. The topological polar surface area (TPSA) is 62.5 Å². The Kier molecular flexibility index (Phi) is 4.30. The standard InChI is InChI=1S/C18H22N4O2/c23-18(10-14-6-2-3-7-19-14)22-11-15-16(12-22)24-17(20-15)13-21-8-4-1-5-9-21/h2-3,6-7H,1,4-5,8-13H2. The van der Waals surface area contributed by atoms with Gasteiger partial charge in [-0.1, -0.05) is 12.5 Å². The highest BCUT2D eigenvalue weighted by Gasteiger charge is 2.29. The first-order valence-corrected chi connectivity index (χ1v) is 8.65. The first kappa shape index (κ1) is 15.3. The fourth-order valence-electron chi connectivity index (χ4n) is 3.42. The number of carbonyl (C=O) groups excluding carboxylic acids is 1. The van der Waals surface area contributed by atoms with Crippen LogP contribution in [0.2, 0.25) is 0 Å². The molecule has 2 aliphatic heterocycles. The molecular weight excluding hydrogens is 304 g/mol. The van der Waals surface area contributed by atoms with Crippen molar-refractivity contribution >= 4 is 5.91 Å². The fourth-order valence-corrected chi connectivity index (χ4v) is 3.42. The molecule has 6 heteroatoms. The number of hydrogen-bond donors (Lipinski definition) is 0. The van der Waals surface area contributed by atoms with Crippen LogP contribution in [-0.4, -0.2) is 38.8 Å². The van der Waals surface area contributed by atoms with Gasteiger partial charge in [0.15, 0.2) is 0 Å². The number of nitrogens with zero attached hydrogens (tertiary/aromatic N) is 4. The second-order valence-corrected chi connectivity index (χ2v) is 6.56. The lowest BCUT2D eigenvalue weighted by molar-refractivity contribution is -0.131. The minimum absolute atomic E-state index is 0.0690. The lowest BCUT2D eigenvalue weighted by atomic mass is 10.1. The van der Waals surface area contributed by atoms with Gasteiger partial charge in [0, 0.05) is 11.9 Å². The number of rotatable bonds is 4. The molecule has 0 aromatic carbocycles. The molecule has 0 N–H and O–H groups in total. The summed E-state index contributed by atoms with van der Waals surface area (Å²) in [6.07, 6.45) is 5.88. The van der Waals surface area contributed by atoms with Crippen LogP contribution in [0.1, 0.15) is 42.3 Å². The highest BCUT2D eigenvalue weighted by atomic mass is 16.4. The zero-order valence-electron chi connectivity index (χ0n) is 13.8. The molecule has 2 aromatic rings. The molecule has 1 saturated heterocycles. The predicted molar refractivity (Wildman–Crippen MR) is 87.8 cm³/mol. The van der Waals surface area contributed by atoms with Crippen molar-refractivity contribution in [1.29, 1.82) is 0 Å². The lowest BCUT2D eigenvalue weighted by Gasteiger charge is -2.24. The molecule has 0 radical (unpaired) electrons. The van der Waals surface area contributed by atoms with Crippen LogP contribution in [0.5, 0.6) is 0 Å². The highest BCUT2D eigenvalue weighted by Crippen LogP contribution is 2.25. The van der Waals surface area contributed by atoms with Crippen LogP contribution in [-0.2, 0) is 30.8 Å².